The zero-order valence-electron chi connectivity index (χ0n) is 9.33. The topological polar surface area (TPSA) is 46.6 Å². The second kappa shape index (κ2) is 6.43. The number of carbonyl (C=O) groups excluding carboxylic acids is 2. The van der Waals surface area contributed by atoms with Crippen LogP contribution in [-0.4, -0.2) is 37.0 Å². The molecule has 1 heterocycles. The number of methoxy groups -OCH3 is 1. The van der Waals surface area contributed by atoms with Crippen LogP contribution < -0.4 is 0 Å². The zero-order chi connectivity index (χ0) is 11.1. The zero-order valence-corrected chi connectivity index (χ0v) is 9.33. The molecule has 4 heteroatoms. The molecule has 15 heavy (non-hydrogen) atoms. The van der Waals surface area contributed by atoms with Crippen LogP contribution in [-0.2, 0) is 14.3 Å². The fourth-order valence-electron chi connectivity index (χ4n) is 1.79. The number of carbonyl (C=O) groups is 2. The Morgan fingerprint density at radius 1 is 1.07 bits per heavy atom. The molecule has 0 aromatic rings. The first-order chi connectivity index (χ1) is 7.24. The first-order valence-corrected chi connectivity index (χ1v) is 5.58. The molecule has 1 saturated heterocycles. The van der Waals surface area contributed by atoms with E-state index in [4.69, 9.17) is 0 Å². The number of likely N-dealkylation sites (tertiary alicyclic amines) is 1. The number of ether oxygens (including phenoxy) is 1. The van der Waals surface area contributed by atoms with Gasteiger partial charge in [0, 0.05) is 19.5 Å². The number of amides is 1. The summed E-state index contributed by atoms with van der Waals surface area (Å²) in [5.74, 6) is -0.222. The molecule has 0 bridgehead atoms. The van der Waals surface area contributed by atoms with Gasteiger partial charge in [-0.1, -0.05) is 12.8 Å². The fourth-order valence-corrected chi connectivity index (χ4v) is 1.79. The van der Waals surface area contributed by atoms with E-state index in [9.17, 15) is 9.59 Å². The highest BCUT2D eigenvalue weighted by atomic mass is 16.5. The highest BCUT2D eigenvalue weighted by molar-refractivity contribution is 5.81. The van der Waals surface area contributed by atoms with Crippen LogP contribution in [0, 0.1) is 0 Å². The van der Waals surface area contributed by atoms with Gasteiger partial charge in [-0.25, -0.2) is 0 Å². The van der Waals surface area contributed by atoms with E-state index in [1.54, 1.807) is 0 Å². The first kappa shape index (κ1) is 12.0. The van der Waals surface area contributed by atoms with E-state index in [-0.39, 0.29) is 24.7 Å². The summed E-state index contributed by atoms with van der Waals surface area (Å²) in [7, 11) is 1.35. The maximum Gasteiger partial charge on any atom is 0.306 e. The van der Waals surface area contributed by atoms with E-state index < -0.39 is 0 Å². The molecule has 1 fully saturated rings. The lowest BCUT2D eigenvalue weighted by Gasteiger charge is -2.19. The second-order valence-corrected chi connectivity index (χ2v) is 3.87. The van der Waals surface area contributed by atoms with Crippen molar-refractivity contribution in [3.63, 3.8) is 0 Å². The van der Waals surface area contributed by atoms with Crippen LogP contribution in [0.15, 0.2) is 0 Å². The van der Waals surface area contributed by atoms with Crippen molar-refractivity contribution in [3.8, 4) is 0 Å². The molecule has 0 N–H and O–H groups in total. The Kier molecular flexibility index (Phi) is 5.15. The maximum atomic E-state index is 11.7. The average molecular weight is 213 g/mol. The molecule has 0 spiro atoms. The molecule has 86 valence electrons. The van der Waals surface area contributed by atoms with Crippen molar-refractivity contribution in [1.82, 2.24) is 4.90 Å². The summed E-state index contributed by atoms with van der Waals surface area (Å²) in [6.07, 6.45) is 5.08. The van der Waals surface area contributed by atoms with E-state index in [0.29, 0.717) is 0 Å². The molecular weight excluding hydrogens is 194 g/mol. The van der Waals surface area contributed by atoms with Gasteiger partial charge in [0.2, 0.25) is 5.91 Å². The third-order valence-corrected chi connectivity index (χ3v) is 2.73. The van der Waals surface area contributed by atoms with E-state index in [0.717, 1.165) is 25.9 Å². The predicted molar refractivity (Wildman–Crippen MR) is 56.3 cm³/mol. The van der Waals surface area contributed by atoms with Crippen molar-refractivity contribution < 1.29 is 14.3 Å². The SMILES string of the molecule is COC(=O)CCC(=O)N1CCCCCC1. The van der Waals surface area contributed by atoms with Crippen molar-refractivity contribution in [1.29, 1.82) is 0 Å². The van der Waals surface area contributed by atoms with E-state index in [1.807, 2.05) is 4.90 Å². The van der Waals surface area contributed by atoms with Gasteiger partial charge in [0.1, 0.15) is 0 Å². The standard InChI is InChI=1S/C11H19NO3/c1-15-11(14)7-6-10(13)12-8-4-2-3-5-9-12/h2-9H2,1H3. The summed E-state index contributed by atoms with van der Waals surface area (Å²) in [5, 5.41) is 0. The van der Waals surface area contributed by atoms with E-state index in [1.165, 1.54) is 20.0 Å². The highest BCUT2D eigenvalue weighted by Crippen LogP contribution is 2.11. The van der Waals surface area contributed by atoms with Gasteiger partial charge >= 0.3 is 5.97 Å². The second-order valence-electron chi connectivity index (χ2n) is 3.87. The Labute approximate surface area is 90.6 Å². The van der Waals surface area contributed by atoms with Crippen molar-refractivity contribution in [2.45, 2.75) is 38.5 Å². The van der Waals surface area contributed by atoms with Crippen molar-refractivity contribution >= 4 is 11.9 Å². The van der Waals surface area contributed by atoms with Gasteiger partial charge < -0.3 is 9.64 Å². The summed E-state index contributed by atoms with van der Waals surface area (Å²) >= 11 is 0. The minimum absolute atomic E-state index is 0.0855. The Bertz CT molecular complexity index is 220. The number of rotatable bonds is 3. The van der Waals surface area contributed by atoms with Gasteiger partial charge in [-0.2, -0.15) is 0 Å². The first-order valence-electron chi connectivity index (χ1n) is 5.58. The summed E-state index contributed by atoms with van der Waals surface area (Å²) < 4.78 is 4.50. The normalized spacial score (nSPS) is 17.0. The molecule has 0 aromatic carbocycles. The smallest absolute Gasteiger partial charge is 0.306 e. The van der Waals surface area contributed by atoms with Gasteiger partial charge in [-0.15, -0.1) is 0 Å². The summed E-state index contributed by atoms with van der Waals surface area (Å²) in [5.41, 5.74) is 0. The molecule has 0 unspecified atom stereocenters. The van der Waals surface area contributed by atoms with Crippen molar-refractivity contribution in [2.24, 2.45) is 0 Å². The molecule has 1 aliphatic rings. The largest absolute Gasteiger partial charge is 0.469 e. The lowest BCUT2D eigenvalue weighted by atomic mass is 10.2. The Morgan fingerprint density at radius 2 is 1.67 bits per heavy atom. The quantitative estimate of drug-likeness (QED) is 0.665. The van der Waals surface area contributed by atoms with Crippen LogP contribution in [0.25, 0.3) is 0 Å². The minimum Gasteiger partial charge on any atom is -0.469 e. The van der Waals surface area contributed by atoms with Crippen LogP contribution in [0.2, 0.25) is 0 Å². The Balaban J connectivity index is 2.28. The van der Waals surface area contributed by atoms with Crippen LogP contribution in [0.3, 0.4) is 0 Å². The van der Waals surface area contributed by atoms with Crippen LogP contribution in [0.4, 0.5) is 0 Å². The minimum atomic E-state index is -0.307. The van der Waals surface area contributed by atoms with Crippen molar-refractivity contribution in [2.75, 3.05) is 20.2 Å². The maximum absolute atomic E-state index is 11.7. The van der Waals surface area contributed by atoms with Gasteiger partial charge in [-0.3, -0.25) is 9.59 Å². The third-order valence-electron chi connectivity index (χ3n) is 2.73. The number of nitrogens with zero attached hydrogens (tertiary/aromatic N) is 1. The third kappa shape index (κ3) is 4.32. The molecular formula is C11H19NO3. The number of hydrogen-bond acceptors (Lipinski definition) is 3. The fraction of sp³-hybridized carbons (Fsp3) is 0.818. The highest BCUT2D eigenvalue weighted by Gasteiger charge is 2.16. The molecule has 0 aromatic heterocycles. The van der Waals surface area contributed by atoms with E-state index >= 15 is 0 Å². The average Bonchev–Trinajstić information content (AvgIpc) is 2.53. The number of esters is 1. The Hall–Kier alpha value is -1.06. The molecule has 1 rings (SSSR count). The molecule has 1 amide bonds. The molecule has 0 saturated carbocycles. The molecule has 0 aliphatic carbocycles. The lowest BCUT2D eigenvalue weighted by molar-refractivity contribution is -0.143. The monoisotopic (exact) mass is 213 g/mol. The van der Waals surface area contributed by atoms with Gasteiger partial charge in [0.25, 0.3) is 0 Å². The summed E-state index contributed by atoms with van der Waals surface area (Å²) in [4.78, 5) is 24.4. The lowest BCUT2D eigenvalue weighted by Crippen LogP contribution is -2.32. The van der Waals surface area contributed by atoms with Crippen molar-refractivity contribution in [3.05, 3.63) is 0 Å². The van der Waals surface area contributed by atoms with Crippen LogP contribution in [0.5, 0.6) is 0 Å². The predicted octanol–water partition coefficient (Wildman–Crippen LogP) is 1.34. The molecule has 0 radical (unpaired) electrons. The van der Waals surface area contributed by atoms with Gasteiger partial charge in [0.15, 0.2) is 0 Å². The van der Waals surface area contributed by atoms with Crippen LogP contribution >= 0.6 is 0 Å². The van der Waals surface area contributed by atoms with Gasteiger partial charge in [-0.05, 0) is 12.8 Å². The Morgan fingerprint density at radius 3 is 2.20 bits per heavy atom. The summed E-state index contributed by atoms with van der Waals surface area (Å²) in [6, 6.07) is 0. The molecule has 1 aliphatic heterocycles. The summed E-state index contributed by atoms with van der Waals surface area (Å²) in [6.45, 7) is 1.69. The molecule has 0 atom stereocenters. The number of hydrogen-bond donors (Lipinski definition) is 0. The molecule has 4 nitrogen and oxygen atoms in total. The van der Waals surface area contributed by atoms with Gasteiger partial charge in [0.05, 0.1) is 13.5 Å². The van der Waals surface area contributed by atoms with E-state index in [2.05, 4.69) is 4.74 Å². The van der Waals surface area contributed by atoms with Crippen LogP contribution in [0.1, 0.15) is 38.5 Å².